The van der Waals surface area contributed by atoms with Crippen LogP contribution in [0.2, 0.25) is 5.02 Å². The van der Waals surface area contributed by atoms with Crippen molar-refractivity contribution in [1.82, 2.24) is 40.5 Å². The number of aromatic nitrogens is 7. The maximum Gasteiger partial charge on any atom is 0.416 e. The van der Waals surface area contributed by atoms with Gasteiger partial charge in [0.15, 0.2) is 5.82 Å². The summed E-state index contributed by atoms with van der Waals surface area (Å²) in [7, 11) is 0. The van der Waals surface area contributed by atoms with Crippen LogP contribution in [0, 0.1) is 0 Å². The zero-order valence-corrected chi connectivity index (χ0v) is 18.9. The molecule has 0 atom stereocenters. The third-order valence-electron chi connectivity index (χ3n) is 5.10. The lowest BCUT2D eigenvalue weighted by atomic mass is 10.1. The zero-order chi connectivity index (χ0) is 24.7. The second-order valence-corrected chi connectivity index (χ2v) is 8.82. The molecule has 1 saturated heterocycles. The summed E-state index contributed by atoms with van der Waals surface area (Å²) >= 11 is 6.52. The van der Waals surface area contributed by atoms with Crippen LogP contribution in [0.1, 0.15) is 22.5 Å². The van der Waals surface area contributed by atoms with Gasteiger partial charge in [0.05, 0.1) is 29.1 Å². The van der Waals surface area contributed by atoms with Crippen molar-refractivity contribution in [3.8, 4) is 0 Å². The Morgan fingerprint density at radius 3 is 2.66 bits per heavy atom. The van der Waals surface area contributed by atoms with Crippen molar-refractivity contribution < 1.29 is 22.8 Å². The molecule has 2 amide bonds. The Labute approximate surface area is 203 Å². The molecule has 10 nitrogen and oxygen atoms in total. The van der Waals surface area contributed by atoms with Gasteiger partial charge < -0.3 is 0 Å². The van der Waals surface area contributed by atoms with E-state index in [0.29, 0.717) is 16.6 Å². The lowest BCUT2D eigenvalue weighted by Crippen LogP contribution is -2.28. The zero-order valence-electron chi connectivity index (χ0n) is 17.3. The molecule has 2 aromatic carbocycles. The third-order valence-corrected chi connectivity index (χ3v) is 6.24. The van der Waals surface area contributed by atoms with E-state index in [0.717, 1.165) is 22.7 Å². The molecule has 4 aromatic rings. The number of thioether (sulfide) groups is 1. The van der Waals surface area contributed by atoms with Crippen LogP contribution in [-0.4, -0.2) is 51.7 Å². The van der Waals surface area contributed by atoms with E-state index >= 15 is 0 Å². The minimum atomic E-state index is -4.57. The maximum absolute atomic E-state index is 13.4. The van der Waals surface area contributed by atoms with E-state index in [4.69, 9.17) is 11.6 Å². The number of nitrogens with one attached hydrogen (secondary N) is 1. The Bertz CT molecular complexity index is 1490. The molecular weight excluding hydrogens is 509 g/mol. The van der Waals surface area contributed by atoms with Gasteiger partial charge in [-0.25, -0.2) is 4.68 Å². The van der Waals surface area contributed by atoms with E-state index in [1.807, 2.05) is 0 Å². The fourth-order valence-corrected chi connectivity index (χ4v) is 4.50. The number of imide groups is 1. The topological polar surface area (TPSA) is 123 Å². The average molecular weight is 521 g/mol. The number of nitrogens with zero attached hydrogens (tertiary/aromatic N) is 7. The van der Waals surface area contributed by atoms with Gasteiger partial charge in [-0.05, 0) is 53.2 Å². The Kier molecular flexibility index (Phi) is 5.76. The lowest BCUT2D eigenvalue weighted by molar-refractivity contribution is -0.138. The molecule has 0 spiro atoms. The van der Waals surface area contributed by atoms with Crippen molar-refractivity contribution in [2.45, 2.75) is 19.3 Å². The van der Waals surface area contributed by atoms with Crippen LogP contribution in [0.4, 0.5) is 18.0 Å². The molecular formula is C20H12ClF3N8O2S. The molecule has 15 heteroatoms. The highest BCUT2D eigenvalue weighted by Crippen LogP contribution is 2.35. The molecule has 5 rings (SSSR count). The summed E-state index contributed by atoms with van der Waals surface area (Å²) in [5.74, 6) is -0.308. The maximum atomic E-state index is 13.4. The first-order chi connectivity index (χ1) is 16.7. The molecule has 1 aliphatic rings. The smallest absolute Gasteiger partial charge is 0.268 e. The van der Waals surface area contributed by atoms with Crippen molar-refractivity contribution in [2.24, 2.45) is 0 Å². The largest absolute Gasteiger partial charge is 0.416 e. The van der Waals surface area contributed by atoms with Gasteiger partial charge in [-0.15, -0.1) is 15.3 Å². The number of benzene rings is 2. The van der Waals surface area contributed by atoms with E-state index in [-0.39, 0.29) is 34.4 Å². The van der Waals surface area contributed by atoms with Crippen LogP contribution in [-0.2, 0) is 24.1 Å². The summed E-state index contributed by atoms with van der Waals surface area (Å²) in [5.41, 5.74) is 0.620. The summed E-state index contributed by atoms with van der Waals surface area (Å²) in [6.07, 6.45) is -3.04. The second-order valence-electron chi connectivity index (χ2n) is 7.39. The monoisotopic (exact) mass is 520 g/mol. The molecule has 0 unspecified atom stereocenters. The Morgan fingerprint density at radius 1 is 1.09 bits per heavy atom. The highest BCUT2D eigenvalue weighted by Gasteiger charge is 2.36. The first kappa shape index (κ1) is 23.0. The molecule has 0 aliphatic carbocycles. The van der Waals surface area contributed by atoms with E-state index < -0.39 is 22.9 Å². The van der Waals surface area contributed by atoms with Crippen LogP contribution in [0.25, 0.3) is 17.1 Å². The number of aromatic amines is 1. The van der Waals surface area contributed by atoms with Gasteiger partial charge in [-0.3, -0.25) is 14.5 Å². The fraction of sp³-hybridized carbons (Fsp3) is 0.150. The van der Waals surface area contributed by atoms with Crippen molar-refractivity contribution in [2.75, 3.05) is 0 Å². The summed E-state index contributed by atoms with van der Waals surface area (Å²) in [6, 6.07) is 8.47. The number of hydrogen-bond acceptors (Lipinski definition) is 8. The minimum absolute atomic E-state index is 0.00643. The number of fused-ring (bicyclic) bond motifs is 1. The average Bonchev–Trinajstić information content (AvgIpc) is 3.52. The van der Waals surface area contributed by atoms with Gasteiger partial charge in [-0.1, -0.05) is 34.2 Å². The van der Waals surface area contributed by atoms with Crippen LogP contribution >= 0.6 is 23.4 Å². The number of carbonyl (C=O) groups is 2. The van der Waals surface area contributed by atoms with E-state index in [9.17, 15) is 22.8 Å². The van der Waals surface area contributed by atoms with Crippen LogP contribution in [0.5, 0.6) is 0 Å². The van der Waals surface area contributed by atoms with Gasteiger partial charge in [0.25, 0.3) is 11.1 Å². The van der Waals surface area contributed by atoms with Crippen LogP contribution < -0.4 is 0 Å². The predicted octanol–water partition coefficient (Wildman–Crippen LogP) is 3.90. The van der Waals surface area contributed by atoms with E-state index in [2.05, 4.69) is 30.9 Å². The van der Waals surface area contributed by atoms with Crippen LogP contribution in [0.15, 0.2) is 41.3 Å². The summed E-state index contributed by atoms with van der Waals surface area (Å²) in [5, 5.41) is 20.7. The highest BCUT2D eigenvalue weighted by atomic mass is 35.5. The predicted molar refractivity (Wildman–Crippen MR) is 119 cm³/mol. The number of hydrogen-bond donors (Lipinski definition) is 1. The number of alkyl halides is 3. The minimum Gasteiger partial charge on any atom is -0.268 e. The van der Waals surface area contributed by atoms with Crippen molar-refractivity contribution in [3.63, 3.8) is 0 Å². The number of amides is 2. The number of tetrazole rings is 1. The highest BCUT2D eigenvalue weighted by molar-refractivity contribution is 8.18. The number of carbonyl (C=O) groups excluding carboxylic acids is 2. The molecule has 35 heavy (non-hydrogen) atoms. The van der Waals surface area contributed by atoms with Gasteiger partial charge >= 0.3 is 6.18 Å². The molecule has 1 fully saturated rings. The van der Waals surface area contributed by atoms with Crippen molar-refractivity contribution in [1.29, 1.82) is 0 Å². The molecule has 1 N–H and O–H groups in total. The Balaban J connectivity index is 1.40. The summed E-state index contributed by atoms with van der Waals surface area (Å²) in [4.78, 5) is 26.1. The first-order valence-corrected chi connectivity index (χ1v) is 11.0. The van der Waals surface area contributed by atoms with Crippen molar-refractivity contribution >= 4 is 51.6 Å². The molecule has 2 aromatic heterocycles. The molecule has 0 radical (unpaired) electrons. The van der Waals surface area contributed by atoms with Gasteiger partial charge in [0.1, 0.15) is 5.52 Å². The molecule has 1 aliphatic heterocycles. The van der Waals surface area contributed by atoms with Gasteiger partial charge in [-0.2, -0.15) is 18.4 Å². The summed E-state index contributed by atoms with van der Waals surface area (Å²) < 4.78 is 41.6. The van der Waals surface area contributed by atoms with Crippen LogP contribution in [0.3, 0.4) is 0 Å². The van der Waals surface area contributed by atoms with E-state index in [1.54, 1.807) is 18.2 Å². The standard InChI is InChI=1S/C20H12ClF3N8O2S/c21-12-3-2-11(13(7-12)20(22,23)24)8-32-15-4-1-10(5-14(15)25-30-32)6-16-18(33)31(19(34)35-16)9-17-26-28-29-27-17/h1-7H,8-9H2,(H,26,27,28,29). The lowest BCUT2D eigenvalue weighted by Gasteiger charge is -2.13. The quantitative estimate of drug-likeness (QED) is 0.393. The third kappa shape index (κ3) is 4.61. The number of rotatable bonds is 5. The Morgan fingerprint density at radius 2 is 1.91 bits per heavy atom. The number of halogens is 4. The second kappa shape index (κ2) is 8.78. The molecule has 178 valence electrons. The summed E-state index contributed by atoms with van der Waals surface area (Å²) in [6.45, 7) is -0.284. The van der Waals surface area contributed by atoms with E-state index in [1.165, 1.54) is 22.9 Å². The normalized spacial score (nSPS) is 15.7. The molecule has 0 saturated carbocycles. The molecule has 3 heterocycles. The van der Waals surface area contributed by atoms with Crippen molar-refractivity contribution in [3.05, 3.63) is 68.8 Å². The fourth-order valence-electron chi connectivity index (χ4n) is 3.49. The number of H-pyrrole nitrogens is 1. The SMILES string of the molecule is O=C1SC(=Cc2ccc3c(c2)nnn3Cc2ccc(Cl)cc2C(F)(F)F)C(=O)N1Cc1nn[nH]n1. The Hall–Kier alpha value is -3.78. The molecule has 0 bridgehead atoms. The first-order valence-electron chi connectivity index (χ1n) is 9.85. The van der Waals surface area contributed by atoms with Gasteiger partial charge in [0.2, 0.25) is 0 Å². The van der Waals surface area contributed by atoms with Gasteiger partial charge in [0, 0.05) is 5.02 Å².